The number of halogens is 4. The van der Waals surface area contributed by atoms with E-state index in [9.17, 15) is 4.57 Å². The van der Waals surface area contributed by atoms with Crippen LogP contribution in [0.2, 0.25) is 15.1 Å². The van der Waals surface area contributed by atoms with Crippen molar-refractivity contribution in [2.45, 2.75) is 19.8 Å². The predicted octanol–water partition coefficient (Wildman–Crippen LogP) is 4.46. The molecule has 9 heteroatoms. The number of phosphoric acid groups is 1. The third kappa shape index (κ3) is 4.15. The van der Waals surface area contributed by atoms with Gasteiger partial charge < -0.3 is 4.52 Å². The molecular formula is C10H11Cl4O4P. The van der Waals surface area contributed by atoms with Gasteiger partial charge in [-0.25, -0.2) is 4.57 Å². The summed E-state index contributed by atoms with van der Waals surface area (Å²) in [6.07, 6.45) is 0.662. The fourth-order valence-electron chi connectivity index (χ4n) is 1.57. The molecule has 0 aliphatic heterocycles. The zero-order chi connectivity index (χ0) is 14.8. The van der Waals surface area contributed by atoms with E-state index in [1.54, 1.807) is 6.92 Å². The molecule has 0 aliphatic rings. The molecule has 2 N–H and O–H groups in total. The van der Waals surface area contributed by atoms with Gasteiger partial charge in [-0.3, -0.25) is 9.79 Å². The standard InChI is InChI=1S/C10H11Cl4O4P/c1-2-5-7(12)8(13)6(3-4-11)10(9(5)14)18-19(15,16)17/h2-4H2,1H3,(H2,15,16,17). The van der Waals surface area contributed by atoms with Crippen molar-refractivity contribution in [3.8, 4) is 5.75 Å². The summed E-state index contributed by atoms with van der Waals surface area (Å²) in [7, 11) is -4.76. The summed E-state index contributed by atoms with van der Waals surface area (Å²) in [5, 5.41) is 0.430. The van der Waals surface area contributed by atoms with Crippen LogP contribution >= 0.6 is 54.2 Å². The number of benzene rings is 1. The second kappa shape index (κ2) is 6.86. The van der Waals surface area contributed by atoms with Gasteiger partial charge in [-0.15, -0.1) is 11.6 Å². The minimum atomic E-state index is -4.76. The highest BCUT2D eigenvalue weighted by molar-refractivity contribution is 7.46. The van der Waals surface area contributed by atoms with Crippen molar-refractivity contribution in [1.29, 1.82) is 0 Å². The quantitative estimate of drug-likeness (QED) is 0.458. The summed E-state index contributed by atoms with van der Waals surface area (Å²) in [4.78, 5) is 17.9. The van der Waals surface area contributed by atoms with Crippen molar-refractivity contribution < 1.29 is 18.9 Å². The maximum atomic E-state index is 11.0. The number of hydrogen-bond donors (Lipinski definition) is 2. The minimum Gasteiger partial charge on any atom is -0.402 e. The second-order valence-corrected chi connectivity index (χ2v) is 6.28. The van der Waals surface area contributed by atoms with Gasteiger partial charge in [0.05, 0.1) is 15.1 Å². The summed E-state index contributed by atoms with van der Waals surface area (Å²) < 4.78 is 15.6. The SMILES string of the molecule is CCc1c(Cl)c(Cl)c(CCCl)c(OP(=O)(O)O)c1Cl. The topological polar surface area (TPSA) is 66.8 Å². The maximum absolute atomic E-state index is 11.0. The molecule has 0 amide bonds. The van der Waals surface area contributed by atoms with Crippen molar-refractivity contribution in [2.75, 3.05) is 5.88 Å². The summed E-state index contributed by atoms with van der Waals surface area (Å²) in [6.45, 7) is 1.78. The van der Waals surface area contributed by atoms with Crippen molar-refractivity contribution in [1.82, 2.24) is 0 Å². The first kappa shape index (κ1) is 17.4. The zero-order valence-corrected chi connectivity index (χ0v) is 13.7. The van der Waals surface area contributed by atoms with Gasteiger partial charge in [0.2, 0.25) is 0 Å². The average molecular weight is 368 g/mol. The molecule has 0 radical (unpaired) electrons. The Balaban J connectivity index is 3.56. The molecule has 0 spiro atoms. The van der Waals surface area contributed by atoms with Crippen LogP contribution in [0.5, 0.6) is 5.75 Å². The third-order valence-electron chi connectivity index (χ3n) is 2.37. The van der Waals surface area contributed by atoms with Crippen molar-refractivity contribution >= 4 is 54.2 Å². The molecule has 0 bridgehead atoms. The molecule has 0 atom stereocenters. The fraction of sp³-hybridized carbons (Fsp3) is 0.400. The van der Waals surface area contributed by atoms with Crippen molar-refractivity contribution in [3.63, 3.8) is 0 Å². The largest absolute Gasteiger partial charge is 0.524 e. The Morgan fingerprint density at radius 3 is 2.05 bits per heavy atom. The normalized spacial score (nSPS) is 11.7. The van der Waals surface area contributed by atoms with Gasteiger partial charge in [-0.1, -0.05) is 41.7 Å². The Bertz CT molecular complexity index is 529. The molecular weight excluding hydrogens is 357 g/mol. The Morgan fingerprint density at radius 1 is 1.11 bits per heavy atom. The molecule has 0 heterocycles. The van der Waals surface area contributed by atoms with Crippen LogP contribution in [0.15, 0.2) is 0 Å². The summed E-state index contributed by atoms with van der Waals surface area (Å²) in [5.74, 6) is 0.0111. The predicted molar refractivity (Wildman–Crippen MR) is 77.9 cm³/mol. The van der Waals surface area contributed by atoms with E-state index < -0.39 is 7.82 Å². The lowest BCUT2D eigenvalue weighted by Crippen LogP contribution is -2.02. The van der Waals surface area contributed by atoms with Crippen molar-refractivity contribution in [3.05, 3.63) is 26.2 Å². The second-order valence-electron chi connectivity index (χ2n) is 3.60. The Hall–Kier alpha value is 0.330. The van der Waals surface area contributed by atoms with E-state index in [2.05, 4.69) is 4.52 Å². The van der Waals surface area contributed by atoms with Crippen LogP contribution in [0.25, 0.3) is 0 Å². The first-order valence-corrected chi connectivity index (χ1v) is 8.42. The number of alkyl halides is 1. The number of hydrogen-bond acceptors (Lipinski definition) is 2. The average Bonchev–Trinajstić information content (AvgIpc) is 2.30. The third-order valence-corrected chi connectivity index (χ3v) is 4.31. The number of phosphoric ester groups is 1. The van der Waals surface area contributed by atoms with Crippen molar-refractivity contribution in [2.24, 2.45) is 0 Å². The van der Waals surface area contributed by atoms with E-state index in [1.165, 1.54) is 0 Å². The monoisotopic (exact) mass is 366 g/mol. The minimum absolute atomic E-state index is 0.0420. The van der Waals surface area contributed by atoms with Gasteiger partial charge in [0, 0.05) is 11.4 Å². The van der Waals surface area contributed by atoms with E-state index >= 15 is 0 Å². The molecule has 0 saturated heterocycles. The highest BCUT2D eigenvalue weighted by atomic mass is 35.5. The molecule has 4 nitrogen and oxygen atoms in total. The number of rotatable bonds is 5. The van der Waals surface area contributed by atoms with Gasteiger partial charge in [-0.05, 0) is 18.4 Å². The molecule has 0 aromatic heterocycles. The summed E-state index contributed by atoms with van der Waals surface area (Å²) >= 11 is 23.9. The van der Waals surface area contributed by atoms with Gasteiger partial charge in [0.15, 0.2) is 5.75 Å². The molecule has 108 valence electrons. The van der Waals surface area contributed by atoms with Crippen LogP contribution in [0.1, 0.15) is 18.1 Å². The van der Waals surface area contributed by atoms with E-state index in [0.29, 0.717) is 12.0 Å². The summed E-state index contributed by atoms with van der Waals surface area (Å²) in [5.41, 5.74) is 0.752. The highest BCUT2D eigenvalue weighted by Gasteiger charge is 2.26. The zero-order valence-electron chi connectivity index (χ0n) is 9.79. The van der Waals surface area contributed by atoms with Crippen LogP contribution in [0, 0.1) is 0 Å². The lowest BCUT2D eigenvalue weighted by molar-refractivity contribution is 0.282. The van der Waals surface area contributed by atoms with Crippen LogP contribution in [0.3, 0.4) is 0 Å². The van der Waals surface area contributed by atoms with Gasteiger partial charge in [-0.2, -0.15) is 0 Å². The van der Waals surface area contributed by atoms with E-state index in [1.807, 2.05) is 0 Å². The molecule has 0 fully saturated rings. The van der Waals surface area contributed by atoms with Gasteiger partial charge in [0.25, 0.3) is 0 Å². The Morgan fingerprint density at radius 2 is 1.63 bits per heavy atom. The highest BCUT2D eigenvalue weighted by Crippen LogP contribution is 2.49. The van der Waals surface area contributed by atoms with E-state index in [0.717, 1.165) is 0 Å². The Labute approximate surface area is 130 Å². The van der Waals surface area contributed by atoms with Gasteiger partial charge >= 0.3 is 7.82 Å². The fourth-order valence-corrected chi connectivity index (χ4v) is 3.32. The first-order valence-electron chi connectivity index (χ1n) is 5.22. The summed E-state index contributed by atoms with van der Waals surface area (Å²) in [6, 6.07) is 0. The van der Waals surface area contributed by atoms with Crippen LogP contribution in [0.4, 0.5) is 0 Å². The smallest absolute Gasteiger partial charge is 0.402 e. The van der Waals surface area contributed by atoms with Gasteiger partial charge in [0.1, 0.15) is 0 Å². The molecule has 0 unspecified atom stereocenters. The van der Waals surface area contributed by atoms with Crippen LogP contribution in [-0.4, -0.2) is 15.7 Å². The molecule has 1 aromatic rings. The first-order chi connectivity index (χ1) is 8.72. The maximum Gasteiger partial charge on any atom is 0.524 e. The van der Waals surface area contributed by atoms with E-state index in [4.69, 9.17) is 56.2 Å². The molecule has 1 rings (SSSR count). The van der Waals surface area contributed by atoms with Crippen LogP contribution in [-0.2, 0) is 17.4 Å². The molecule has 0 aliphatic carbocycles. The Kier molecular flexibility index (Phi) is 6.27. The lowest BCUT2D eigenvalue weighted by atomic mass is 10.1. The molecule has 19 heavy (non-hydrogen) atoms. The molecule has 1 aromatic carbocycles. The van der Waals surface area contributed by atoms with Crippen LogP contribution < -0.4 is 4.52 Å². The van der Waals surface area contributed by atoms with E-state index in [-0.39, 0.29) is 38.7 Å². The lowest BCUT2D eigenvalue weighted by Gasteiger charge is -2.18. The molecule has 0 saturated carbocycles.